The van der Waals surface area contributed by atoms with Gasteiger partial charge in [0.2, 0.25) is 0 Å². The van der Waals surface area contributed by atoms with Gasteiger partial charge in [-0.15, -0.1) is 0 Å². The number of aryl methyl sites for hydroxylation is 1. The standard InChI is InChI=1S/C16H18N4O2/c21-16(15-3-1-2-6-19-15)20-9-10-22-12-14(20)5-4-13-11-17-7-8-18-13/h1-3,6-8,11,14H,4-5,9-10,12H2/t14-/m1/s1. The normalized spacial score (nSPS) is 18.2. The molecule has 1 amide bonds. The molecule has 3 heterocycles. The minimum atomic E-state index is -0.0342. The Morgan fingerprint density at radius 1 is 1.27 bits per heavy atom. The van der Waals surface area contributed by atoms with E-state index >= 15 is 0 Å². The first-order valence-electron chi connectivity index (χ1n) is 7.39. The van der Waals surface area contributed by atoms with Gasteiger partial charge in [-0.3, -0.25) is 19.7 Å². The zero-order chi connectivity index (χ0) is 15.2. The molecule has 2 aromatic rings. The molecule has 6 nitrogen and oxygen atoms in total. The molecule has 3 rings (SSSR count). The Labute approximate surface area is 129 Å². The van der Waals surface area contributed by atoms with Crippen LogP contribution in [0.15, 0.2) is 43.0 Å². The maximum Gasteiger partial charge on any atom is 0.272 e. The van der Waals surface area contributed by atoms with Crippen LogP contribution in [0.5, 0.6) is 0 Å². The number of carbonyl (C=O) groups excluding carboxylic acids is 1. The van der Waals surface area contributed by atoms with Crippen LogP contribution in [0.25, 0.3) is 0 Å². The third-order valence-corrected chi connectivity index (χ3v) is 3.72. The molecule has 0 N–H and O–H groups in total. The Bertz CT molecular complexity index is 606. The first-order valence-corrected chi connectivity index (χ1v) is 7.39. The number of rotatable bonds is 4. The predicted octanol–water partition coefficient (Wildman–Crippen LogP) is 1.35. The number of morpholine rings is 1. The topological polar surface area (TPSA) is 68.2 Å². The molecule has 6 heteroatoms. The molecule has 1 saturated heterocycles. The molecule has 0 bridgehead atoms. The van der Waals surface area contributed by atoms with Crippen molar-refractivity contribution in [1.82, 2.24) is 19.9 Å². The van der Waals surface area contributed by atoms with E-state index in [9.17, 15) is 4.79 Å². The molecule has 114 valence electrons. The van der Waals surface area contributed by atoms with Crippen molar-refractivity contribution in [3.8, 4) is 0 Å². The fraction of sp³-hybridized carbons (Fsp3) is 0.375. The molecule has 1 fully saturated rings. The van der Waals surface area contributed by atoms with Gasteiger partial charge < -0.3 is 9.64 Å². The summed E-state index contributed by atoms with van der Waals surface area (Å²) in [5.74, 6) is -0.0342. The predicted molar refractivity (Wildman–Crippen MR) is 80.2 cm³/mol. The van der Waals surface area contributed by atoms with Crippen molar-refractivity contribution < 1.29 is 9.53 Å². The van der Waals surface area contributed by atoms with Crippen LogP contribution in [-0.2, 0) is 11.2 Å². The number of pyridine rings is 1. The molecule has 0 radical (unpaired) electrons. The Balaban J connectivity index is 1.67. The van der Waals surface area contributed by atoms with Crippen molar-refractivity contribution in [3.63, 3.8) is 0 Å². The zero-order valence-electron chi connectivity index (χ0n) is 12.3. The van der Waals surface area contributed by atoms with Crippen LogP contribution < -0.4 is 0 Å². The van der Waals surface area contributed by atoms with Crippen LogP contribution in [0.2, 0.25) is 0 Å². The highest BCUT2D eigenvalue weighted by Crippen LogP contribution is 2.15. The van der Waals surface area contributed by atoms with E-state index in [1.165, 1.54) is 0 Å². The smallest absolute Gasteiger partial charge is 0.272 e. The summed E-state index contributed by atoms with van der Waals surface area (Å²) in [6.45, 7) is 1.72. The van der Waals surface area contributed by atoms with E-state index in [4.69, 9.17) is 4.74 Å². The molecule has 22 heavy (non-hydrogen) atoms. The van der Waals surface area contributed by atoms with Crippen LogP contribution in [0.1, 0.15) is 22.6 Å². The summed E-state index contributed by atoms with van der Waals surface area (Å²) in [5, 5.41) is 0. The fourth-order valence-electron chi connectivity index (χ4n) is 2.57. The van der Waals surface area contributed by atoms with E-state index in [2.05, 4.69) is 15.0 Å². The molecule has 1 aliphatic rings. The highest BCUT2D eigenvalue weighted by Gasteiger charge is 2.28. The highest BCUT2D eigenvalue weighted by molar-refractivity contribution is 5.92. The van der Waals surface area contributed by atoms with E-state index in [-0.39, 0.29) is 11.9 Å². The second-order valence-corrected chi connectivity index (χ2v) is 5.18. The molecule has 0 spiro atoms. The maximum atomic E-state index is 12.6. The van der Waals surface area contributed by atoms with Gasteiger partial charge in [0.1, 0.15) is 5.69 Å². The largest absolute Gasteiger partial charge is 0.377 e. The molecular weight excluding hydrogens is 280 g/mol. The molecule has 2 aromatic heterocycles. The number of ether oxygens (including phenoxy) is 1. The quantitative estimate of drug-likeness (QED) is 0.852. The summed E-state index contributed by atoms with van der Waals surface area (Å²) in [6, 6.07) is 5.43. The van der Waals surface area contributed by atoms with E-state index in [1.54, 1.807) is 30.9 Å². The number of nitrogens with zero attached hydrogens (tertiary/aromatic N) is 4. The summed E-state index contributed by atoms with van der Waals surface area (Å²) in [7, 11) is 0. The second kappa shape index (κ2) is 7.09. The van der Waals surface area contributed by atoms with Gasteiger partial charge in [-0.2, -0.15) is 0 Å². The van der Waals surface area contributed by atoms with Crippen molar-refractivity contribution in [2.45, 2.75) is 18.9 Å². The Kier molecular flexibility index (Phi) is 4.70. The van der Waals surface area contributed by atoms with Gasteiger partial charge >= 0.3 is 0 Å². The summed E-state index contributed by atoms with van der Waals surface area (Å²) in [6.07, 6.45) is 8.32. The first kappa shape index (κ1) is 14.6. The van der Waals surface area contributed by atoms with Crippen molar-refractivity contribution >= 4 is 5.91 Å². The van der Waals surface area contributed by atoms with Crippen molar-refractivity contribution in [2.24, 2.45) is 0 Å². The molecule has 0 unspecified atom stereocenters. The van der Waals surface area contributed by atoms with Crippen molar-refractivity contribution in [3.05, 3.63) is 54.4 Å². The van der Waals surface area contributed by atoms with Gasteiger partial charge in [-0.05, 0) is 25.0 Å². The lowest BCUT2D eigenvalue weighted by Crippen LogP contribution is -2.49. The van der Waals surface area contributed by atoms with Gasteiger partial charge in [0, 0.05) is 31.3 Å². The molecule has 0 aliphatic carbocycles. The van der Waals surface area contributed by atoms with Crippen LogP contribution >= 0.6 is 0 Å². The lowest BCUT2D eigenvalue weighted by atomic mass is 10.1. The van der Waals surface area contributed by atoms with Gasteiger partial charge in [0.05, 0.1) is 24.9 Å². The summed E-state index contributed by atoms with van der Waals surface area (Å²) in [4.78, 5) is 27.0. The summed E-state index contributed by atoms with van der Waals surface area (Å²) < 4.78 is 5.54. The Morgan fingerprint density at radius 2 is 2.23 bits per heavy atom. The minimum absolute atomic E-state index is 0.0342. The highest BCUT2D eigenvalue weighted by atomic mass is 16.5. The SMILES string of the molecule is O=C(c1ccccn1)N1CCOC[C@H]1CCc1cnccn1. The fourth-order valence-corrected chi connectivity index (χ4v) is 2.57. The molecule has 0 aromatic carbocycles. The maximum absolute atomic E-state index is 12.6. The number of carbonyl (C=O) groups is 1. The average molecular weight is 298 g/mol. The molecule has 0 saturated carbocycles. The second-order valence-electron chi connectivity index (χ2n) is 5.18. The molecular formula is C16H18N4O2. The molecule has 1 atom stereocenters. The van der Waals surface area contributed by atoms with Crippen LogP contribution in [-0.4, -0.2) is 51.6 Å². The number of hydrogen-bond acceptors (Lipinski definition) is 5. The first-order chi connectivity index (χ1) is 10.8. The third kappa shape index (κ3) is 3.46. The average Bonchev–Trinajstić information content (AvgIpc) is 2.61. The zero-order valence-corrected chi connectivity index (χ0v) is 12.3. The van der Waals surface area contributed by atoms with E-state index in [0.29, 0.717) is 25.5 Å². The third-order valence-electron chi connectivity index (χ3n) is 3.72. The van der Waals surface area contributed by atoms with E-state index < -0.39 is 0 Å². The van der Waals surface area contributed by atoms with Crippen LogP contribution in [0, 0.1) is 0 Å². The van der Waals surface area contributed by atoms with Gasteiger partial charge in [-0.1, -0.05) is 6.07 Å². The van der Waals surface area contributed by atoms with Crippen LogP contribution in [0.4, 0.5) is 0 Å². The lowest BCUT2D eigenvalue weighted by Gasteiger charge is -2.35. The number of aromatic nitrogens is 3. The Morgan fingerprint density at radius 3 is 3.00 bits per heavy atom. The summed E-state index contributed by atoms with van der Waals surface area (Å²) >= 11 is 0. The number of hydrogen-bond donors (Lipinski definition) is 0. The van der Waals surface area contributed by atoms with Gasteiger partial charge in [0.25, 0.3) is 5.91 Å². The van der Waals surface area contributed by atoms with E-state index in [1.807, 2.05) is 17.0 Å². The monoisotopic (exact) mass is 298 g/mol. The number of amides is 1. The summed E-state index contributed by atoms with van der Waals surface area (Å²) in [5.41, 5.74) is 1.41. The van der Waals surface area contributed by atoms with E-state index in [0.717, 1.165) is 18.5 Å². The van der Waals surface area contributed by atoms with Gasteiger partial charge in [0.15, 0.2) is 0 Å². The van der Waals surface area contributed by atoms with Crippen molar-refractivity contribution in [2.75, 3.05) is 19.8 Å². The van der Waals surface area contributed by atoms with Crippen LogP contribution in [0.3, 0.4) is 0 Å². The molecule has 1 aliphatic heterocycles. The Hall–Kier alpha value is -2.34. The minimum Gasteiger partial charge on any atom is -0.377 e. The lowest BCUT2D eigenvalue weighted by molar-refractivity contribution is -0.00443. The van der Waals surface area contributed by atoms with Crippen molar-refractivity contribution in [1.29, 1.82) is 0 Å². The van der Waals surface area contributed by atoms with Gasteiger partial charge in [-0.25, -0.2) is 0 Å².